The van der Waals surface area contributed by atoms with E-state index in [-0.39, 0.29) is 0 Å². The SMILES string of the molecule is CNS(=O)(=O)N(C)CCCCCN. The van der Waals surface area contributed by atoms with Gasteiger partial charge in [0.2, 0.25) is 0 Å². The van der Waals surface area contributed by atoms with Crippen LogP contribution in [0.4, 0.5) is 0 Å². The first-order chi connectivity index (χ1) is 6.04. The third-order valence-corrected chi connectivity index (χ3v) is 3.36. The van der Waals surface area contributed by atoms with E-state index in [1.165, 1.54) is 11.4 Å². The van der Waals surface area contributed by atoms with Crippen LogP contribution in [0.25, 0.3) is 0 Å². The summed E-state index contributed by atoms with van der Waals surface area (Å²) in [5.41, 5.74) is 5.31. The minimum atomic E-state index is -3.23. The highest BCUT2D eigenvalue weighted by Gasteiger charge is 2.13. The summed E-state index contributed by atoms with van der Waals surface area (Å²) >= 11 is 0. The highest BCUT2D eigenvalue weighted by Crippen LogP contribution is 1.99. The Morgan fingerprint density at radius 3 is 2.38 bits per heavy atom. The van der Waals surface area contributed by atoms with E-state index in [9.17, 15) is 8.42 Å². The molecule has 0 fully saturated rings. The first-order valence-electron chi connectivity index (χ1n) is 4.39. The van der Waals surface area contributed by atoms with Gasteiger partial charge in [-0.1, -0.05) is 6.42 Å². The van der Waals surface area contributed by atoms with Gasteiger partial charge in [-0.2, -0.15) is 12.7 Å². The fourth-order valence-electron chi connectivity index (χ4n) is 0.932. The molecule has 0 aliphatic rings. The molecular formula is C7H19N3O2S. The van der Waals surface area contributed by atoms with Crippen LogP contribution >= 0.6 is 0 Å². The fraction of sp³-hybridized carbons (Fsp3) is 1.00. The first kappa shape index (κ1) is 12.8. The fourth-order valence-corrected chi connectivity index (χ4v) is 1.61. The zero-order chi connectivity index (χ0) is 10.3. The van der Waals surface area contributed by atoms with E-state index in [1.54, 1.807) is 7.05 Å². The van der Waals surface area contributed by atoms with Crippen molar-refractivity contribution < 1.29 is 8.42 Å². The van der Waals surface area contributed by atoms with E-state index in [0.717, 1.165) is 19.3 Å². The van der Waals surface area contributed by atoms with E-state index < -0.39 is 10.2 Å². The molecule has 0 aliphatic heterocycles. The summed E-state index contributed by atoms with van der Waals surface area (Å²) in [6.45, 7) is 1.21. The number of hydrogen-bond donors (Lipinski definition) is 2. The molecule has 0 unspecified atom stereocenters. The molecule has 5 nitrogen and oxygen atoms in total. The Morgan fingerprint density at radius 2 is 1.92 bits per heavy atom. The Hall–Kier alpha value is -0.170. The van der Waals surface area contributed by atoms with Crippen molar-refractivity contribution in [3.63, 3.8) is 0 Å². The number of nitrogens with two attached hydrogens (primary N) is 1. The zero-order valence-electron chi connectivity index (χ0n) is 8.28. The Kier molecular flexibility index (Phi) is 6.23. The van der Waals surface area contributed by atoms with Crippen LogP contribution in [-0.4, -0.2) is 39.9 Å². The molecule has 0 aromatic rings. The minimum absolute atomic E-state index is 0.545. The summed E-state index contributed by atoms with van der Waals surface area (Å²) in [6, 6.07) is 0. The van der Waals surface area contributed by atoms with Gasteiger partial charge in [0.05, 0.1) is 0 Å². The normalized spacial score (nSPS) is 12.3. The standard InChI is InChI=1S/C7H19N3O2S/c1-9-13(11,12)10(2)7-5-3-4-6-8/h9H,3-8H2,1-2H3. The van der Waals surface area contributed by atoms with Crippen molar-refractivity contribution in [2.75, 3.05) is 27.2 Å². The number of nitrogens with one attached hydrogen (secondary N) is 1. The van der Waals surface area contributed by atoms with Gasteiger partial charge in [0.25, 0.3) is 10.2 Å². The minimum Gasteiger partial charge on any atom is -0.330 e. The Balaban J connectivity index is 3.69. The van der Waals surface area contributed by atoms with Crippen LogP contribution in [0.3, 0.4) is 0 Å². The van der Waals surface area contributed by atoms with Gasteiger partial charge in [-0.3, -0.25) is 0 Å². The monoisotopic (exact) mass is 209 g/mol. The predicted octanol–water partition coefficient (Wildman–Crippen LogP) is -0.489. The maximum Gasteiger partial charge on any atom is 0.278 e. The Morgan fingerprint density at radius 1 is 1.31 bits per heavy atom. The molecule has 0 radical (unpaired) electrons. The van der Waals surface area contributed by atoms with Crippen molar-refractivity contribution in [2.45, 2.75) is 19.3 Å². The van der Waals surface area contributed by atoms with Gasteiger partial charge in [-0.05, 0) is 19.4 Å². The van der Waals surface area contributed by atoms with E-state index >= 15 is 0 Å². The maximum absolute atomic E-state index is 11.2. The summed E-state index contributed by atoms with van der Waals surface area (Å²) in [4.78, 5) is 0. The van der Waals surface area contributed by atoms with Crippen molar-refractivity contribution in [3.05, 3.63) is 0 Å². The molecule has 0 aromatic heterocycles. The predicted molar refractivity (Wildman–Crippen MR) is 53.5 cm³/mol. The van der Waals surface area contributed by atoms with E-state index in [1.807, 2.05) is 0 Å². The molecule has 0 spiro atoms. The molecule has 0 aromatic carbocycles. The molecule has 0 rings (SSSR count). The van der Waals surface area contributed by atoms with Gasteiger partial charge in [0.1, 0.15) is 0 Å². The van der Waals surface area contributed by atoms with Crippen molar-refractivity contribution in [2.24, 2.45) is 5.73 Å². The lowest BCUT2D eigenvalue weighted by Crippen LogP contribution is -2.36. The maximum atomic E-state index is 11.2. The quantitative estimate of drug-likeness (QED) is 0.556. The molecule has 0 amide bonds. The van der Waals surface area contributed by atoms with Gasteiger partial charge in [-0.25, -0.2) is 4.72 Å². The van der Waals surface area contributed by atoms with Crippen LogP contribution in [0.2, 0.25) is 0 Å². The molecule has 0 heterocycles. The molecule has 0 aliphatic carbocycles. The third kappa shape index (κ3) is 5.20. The molecule has 0 bridgehead atoms. The van der Waals surface area contributed by atoms with Gasteiger partial charge in [0.15, 0.2) is 0 Å². The third-order valence-electron chi connectivity index (χ3n) is 1.85. The summed E-state index contributed by atoms with van der Waals surface area (Å²) in [5.74, 6) is 0. The van der Waals surface area contributed by atoms with E-state index in [2.05, 4.69) is 4.72 Å². The van der Waals surface area contributed by atoms with Gasteiger partial charge < -0.3 is 5.73 Å². The summed E-state index contributed by atoms with van der Waals surface area (Å²) in [7, 11) is -0.261. The lowest BCUT2D eigenvalue weighted by Gasteiger charge is -2.15. The van der Waals surface area contributed by atoms with Gasteiger partial charge in [-0.15, -0.1) is 0 Å². The molecule has 80 valence electrons. The van der Waals surface area contributed by atoms with Crippen molar-refractivity contribution >= 4 is 10.2 Å². The highest BCUT2D eigenvalue weighted by molar-refractivity contribution is 7.87. The highest BCUT2D eigenvalue weighted by atomic mass is 32.2. The summed E-state index contributed by atoms with van der Waals surface area (Å²) < 4.78 is 25.9. The molecule has 3 N–H and O–H groups in total. The van der Waals surface area contributed by atoms with Crippen molar-refractivity contribution in [3.8, 4) is 0 Å². The van der Waals surface area contributed by atoms with Crippen LogP contribution in [0, 0.1) is 0 Å². The van der Waals surface area contributed by atoms with Crippen molar-refractivity contribution in [1.29, 1.82) is 0 Å². The molecule has 6 heteroatoms. The Labute approximate surface area is 80.5 Å². The summed E-state index contributed by atoms with van der Waals surface area (Å²) in [5, 5.41) is 0. The smallest absolute Gasteiger partial charge is 0.278 e. The van der Waals surface area contributed by atoms with Crippen LogP contribution in [0.1, 0.15) is 19.3 Å². The van der Waals surface area contributed by atoms with Gasteiger partial charge >= 0.3 is 0 Å². The second-order valence-corrected chi connectivity index (χ2v) is 4.86. The molecular weight excluding hydrogens is 190 g/mol. The van der Waals surface area contributed by atoms with Crippen LogP contribution in [0.15, 0.2) is 0 Å². The van der Waals surface area contributed by atoms with Crippen LogP contribution in [-0.2, 0) is 10.2 Å². The van der Waals surface area contributed by atoms with E-state index in [4.69, 9.17) is 5.73 Å². The average molecular weight is 209 g/mol. The number of unbranched alkanes of at least 4 members (excludes halogenated alkanes) is 2. The van der Waals surface area contributed by atoms with Crippen LogP contribution in [0.5, 0.6) is 0 Å². The molecule has 0 saturated carbocycles. The number of nitrogens with zero attached hydrogens (tertiary/aromatic N) is 1. The molecule has 0 saturated heterocycles. The summed E-state index contributed by atoms with van der Waals surface area (Å²) in [6.07, 6.45) is 2.78. The number of rotatable bonds is 7. The molecule has 0 atom stereocenters. The number of hydrogen-bond acceptors (Lipinski definition) is 3. The Bertz CT molecular complexity index is 216. The molecule has 13 heavy (non-hydrogen) atoms. The van der Waals surface area contributed by atoms with Crippen molar-refractivity contribution in [1.82, 2.24) is 9.03 Å². The second-order valence-electron chi connectivity index (χ2n) is 2.88. The lowest BCUT2D eigenvalue weighted by atomic mass is 10.2. The van der Waals surface area contributed by atoms with Gasteiger partial charge in [0, 0.05) is 20.6 Å². The first-order valence-corrected chi connectivity index (χ1v) is 5.83. The second kappa shape index (κ2) is 6.31. The largest absolute Gasteiger partial charge is 0.330 e. The average Bonchev–Trinajstić information content (AvgIpc) is 2.12. The van der Waals surface area contributed by atoms with E-state index in [0.29, 0.717) is 13.1 Å². The zero-order valence-corrected chi connectivity index (χ0v) is 9.10. The topological polar surface area (TPSA) is 75.4 Å². The van der Waals surface area contributed by atoms with Crippen LogP contribution < -0.4 is 10.5 Å². The lowest BCUT2D eigenvalue weighted by molar-refractivity contribution is 0.447.